The van der Waals surface area contributed by atoms with Gasteiger partial charge in [-0.15, -0.1) is 0 Å². The zero-order valence-electron chi connectivity index (χ0n) is 25.2. The number of nitrogens with one attached hydrogen (secondary N) is 1. The number of hydrogen-bond acceptors (Lipinski definition) is 8. The smallest absolute Gasteiger partial charge is 0.409 e. The summed E-state index contributed by atoms with van der Waals surface area (Å²) in [6, 6.07) is 16.6. The minimum absolute atomic E-state index is 0.00434. The zero-order valence-corrected chi connectivity index (χ0v) is 25.2. The lowest BCUT2D eigenvalue weighted by atomic mass is 9.96. The van der Waals surface area contributed by atoms with Gasteiger partial charge in [-0.1, -0.05) is 48.5 Å². The number of ether oxygens (including phenoxy) is 2. The predicted octanol–water partition coefficient (Wildman–Crippen LogP) is 2.94. The lowest BCUT2D eigenvalue weighted by Gasteiger charge is -2.34. The van der Waals surface area contributed by atoms with Gasteiger partial charge in [0.15, 0.2) is 0 Å². The highest BCUT2D eigenvalue weighted by atomic mass is 16.6. The van der Waals surface area contributed by atoms with Crippen LogP contribution in [0.1, 0.15) is 55.6 Å². The van der Waals surface area contributed by atoms with Crippen molar-refractivity contribution >= 4 is 12.0 Å². The second kappa shape index (κ2) is 16.7. The minimum atomic E-state index is -0.808. The Morgan fingerprint density at radius 2 is 1.65 bits per heavy atom. The van der Waals surface area contributed by atoms with Gasteiger partial charge in [0.1, 0.15) is 13.4 Å². The summed E-state index contributed by atoms with van der Waals surface area (Å²) < 4.78 is 10.5. The van der Waals surface area contributed by atoms with Gasteiger partial charge in [0.2, 0.25) is 5.91 Å². The number of rotatable bonds is 16. The maximum atomic E-state index is 12.9. The molecule has 0 spiro atoms. The van der Waals surface area contributed by atoms with Gasteiger partial charge < -0.3 is 39.9 Å². The Morgan fingerprint density at radius 1 is 1.00 bits per heavy atom. The Labute approximate surface area is 254 Å². The van der Waals surface area contributed by atoms with Crippen LogP contribution in [0, 0.1) is 5.92 Å². The van der Waals surface area contributed by atoms with E-state index in [1.54, 1.807) is 11.9 Å². The van der Waals surface area contributed by atoms with Crippen molar-refractivity contribution in [3.05, 3.63) is 59.7 Å². The SMILES string of the molecule is CN(CC1CCN(C(=O)CCCNCCC(O)CC(O)COCO)CC1)C(=O)OCC1c2ccccc2-c2ccccc21. The highest BCUT2D eigenvalue weighted by Crippen LogP contribution is 2.44. The molecule has 43 heavy (non-hydrogen) atoms. The Balaban J connectivity index is 1.08. The number of piperidine rings is 1. The van der Waals surface area contributed by atoms with Gasteiger partial charge in [0.05, 0.1) is 18.8 Å². The summed E-state index contributed by atoms with van der Waals surface area (Å²) in [6.45, 7) is 3.13. The Hall–Kier alpha value is -3.02. The fourth-order valence-electron chi connectivity index (χ4n) is 6.14. The molecule has 2 amide bonds. The normalized spacial score (nSPS) is 16.4. The van der Waals surface area contributed by atoms with Gasteiger partial charge in [-0.2, -0.15) is 0 Å². The fourth-order valence-corrected chi connectivity index (χ4v) is 6.14. The number of likely N-dealkylation sites (tertiary alicyclic amines) is 1. The van der Waals surface area contributed by atoms with Crippen LogP contribution in [-0.2, 0) is 14.3 Å². The Morgan fingerprint density at radius 3 is 2.30 bits per heavy atom. The van der Waals surface area contributed by atoms with Crippen molar-refractivity contribution in [1.29, 1.82) is 0 Å². The molecule has 2 atom stereocenters. The average Bonchev–Trinajstić information content (AvgIpc) is 3.34. The monoisotopic (exact) mass is 597 g/mol. The van der Waals surface area contributed by atoms with Crippen LogP contribution < -0.4 is 5.32 Å². The second-order valence-electron chi connectivity index (χ2n) is 11.7. The number of hydrogen-bond donors (Lipinski definition) is 4. The third-order valence-electron chi connectivity index (χ3n) is 8.49. The molecule has 0 bridgehead atoms. The van der Waals surface area contributed by atoms with Gasteiger partial charge >= 0.3 is 6.09 Å². The first-order valence-corrected chi connectivity index (χ1v) is 15.5. The van der Waals surface area contributed by atoms with E-state index in [1.165, 1.54) is 22.3 Å². The van der Waals surface area contributed by atoms with E-state index in [0.29, 0.717) is 64.5 Å². The topological polar surface area (TPSA) is 132 Å². The molecule has 10 nitrogen and oxygen atoms in total. The quantitative estimate of drug-likeness (QED) is 0.172. The summed E-state index contributed by atoms with van der Waals surface area (Å²) >= 11 is 0. The van der Waals surface area contributed by atoms with Gasteiger partial charge in [-0.05, 0) is 66.9 Å². The molecule has 2 aromatic rings. The minimum Gasteiger partial charge on any atom is -0.448 e. The van der Waals surface area contributed by atoms with Crippen LogP contribution in [-0.4, -0.2) is 109 Å². The predicted molar refractivity (Wildman–Crippen MR) is 163 cm³/mol. The third kappa shape index (κ3) is 9.48. The molecule has 2 unspecified atom stereocenters. The highest BCUT2D eigenvalue weighted by molar-refractivity contribution is 5.79. The number of carbonyl (C=O) groups is 2. The molecular weight excluding hydrogens is 550 g/mol. The molecule has 1 fully saturated rings. The van der Waals surface area contributed by atoms with Crippen LogP contribution in [0.4, 0.5) is 4.79 Å². The molecule has 1 saturated heterocycles. The van der Waals surface area contributed by atoms with Gasteiger partial charge in [-0.25, -0.2) is 4.79 Å². The average molecular weight is 598 g/mol. The molecule has 4 N–H and O–H groups in total. The molecule has 0 aromatic heterocycles. The number of aliphatic hydroxyl groups excluding tert-OH is 3. The van der Waals surface area contributed by atoms with Crippen LogP contribution >= 0.6 is 0 Å². The van der Waals surface area contributed by atoms with Crippen molar-refractivity contribution < 1.29 is 34.4 Å². The van der Waals surface area contributed by atoms with Crippen molar-refractivity contribution in [1.82, 2.24) is 15.1 Å². The molecule has 1 aliphatic carbocycles. The highest BCUT2D eigenvalue weighted by Gasteiger charge is 2.30. The number of carbonyl (C=O) groups excluding carboxylic acids is 2. The van der Waals surface area contributed by atoms with Crippen LogP contribution in [0.2, 0.25) is 0 Å². The Kier molecular flexibility index (Phi) is 12.8. The van der Waals surface area contributed by atoms with E-state index in [0.717, 1.165) is 12.8 Å². The van der Waals surface area contributed by atoms with Crippen molar-refractivity contribution in [2.45, 2.75) is 56.7 Å². The van der Waals surface area contributed by atoms with Crippen molar-refractivity contribution in [2.24, 2.45) is 5.92 Å². The fraction of sp³-hybridized carbons (Fsp3) is 0.576. The molecule has 1 heterocycles. The summed E-state index contributed by atoms with van der Waals surface area (Å²) in [6.07, 6.45) is 1.81. The summed E-state index contributed by atoms with van der Waals surface area (Å²) in [5.74, 6) is 0.520. The van der Waals surface area contributed by atoms with Gasteiger partial charge in [0, 0.05) is 45.4 Å². The van der Waals surface area contributed by atoms with E-state index >= 15 is 0 Å². The maximum absolute atomic E-state index is 12.9. The summed E-state index contributed by atoms with van der Waals surface area (Å²) in [7, 11) is 1.79. The first kappa shape index (κ1) is 32.9. The standard InChI is InChI=1S/C33H47N3O7/c1-35(33(41)43-22-31-29-9-4-2-7-27(29)28-8-3-5-10-30(28)31)20-24-13-17-36(18-14-24)32(40)11-6-15-34-16-12-25(38)19-26(39)21-42-23-37/h2-5,7-10,24-26,31,34,37-39H,6,11-23H2,1H3. The number of amides is 2. The summed E-state index contributed by atoms with van der Waals surface area (Å²) in [5.41, 5.74) is 4.81. The van der Waals surface area contributed by atoms with Gasteiger partial charge in [-0.3, -0.25) is 4.79 Å². The molecule has 2 aromatic carbocycles. The van der Waals surface area contributed by atoms with Crippen molar-refractivity contribution in [3.8, 4) is 11.1 Å². The zero-order chi connectivity index (χ0) is 30.6. The van der Waals surface area contributed by atoms with E-state index in [9.17, 15) is 19.8 Å². The van der Waals surface area contributed by atoms with E-state index in [-0.39, 0.29) is 30.9 Å². The van der Waals surface area contributed by atoms with Gasteiger partial charge in [0.25, 0.3) is 0 Å². The Bertz CT molecular complexity index is 1130. The van der Waals surface area contributed by atoms with E-state index in [2.05, 4.69) is 29.6 Å². The first-order valence-electron chi connectivity index (χ1n) is 15.5. The van der Waals surface area contributed by atoms with Crippen LogP contribution in [0.25, 0.3) is 11.1 Å². The van der Waals surface area contributed by atoms with Crippen LogP contribution in [0.5, 0.6) is 0 Å². The number of nitrogens with zero attached hydrogens (tertiary/aromatic N) is 2. The number of aliphatic hydroxyl groups is 3. The van der Waals surface area contributed by atoms with E-state index in [4.69, 9.17) is 14.6 Å². The molecule has 10 heteroatoms. The molecule has 1 aliphatic heterocycles. The van der Waals surface area contributed by atoms with Crippen LogP contribution in [0.3, 0.4) is 0 Å². The largest absolute Gasteiger partial charge is 0.448 e. The number of benzene rings is 2. The molecule has 236 valence electrons. The molecule has 0 radical (unpaired) electrons. The number of fused-ring (bicyclic) bond motifs is 3. The van der Waals surface area contributed by atoms with E-state index in [1.807, 2.05) is 29.2 Å². The lowest BCUT2D eigenvalue weighted by Crippen LogP contribution is -2.42. The van der Waals surface area contributed by atoms with Crippen LogP contribution in [0.15, 0.2) is 48.5 Å². The maximum Gasteiger partial charge on any atom is 0.409 e. The summed E-state index contributed by atoms with van der Waals surface area (Å²) in [4.78, 5) is 29.2. The van der Waals surface area contributed by atoms with E-state index < -0.39 is 19.0 Å². The second-order valence-corrected chi connectivity index (χ2v) is 11.7. The summed E-state index contributed by atoms with van der Waals surface area (Å²) in [5, 5.41) is 31.5. The molecule has 2 aliphatic rings. The molecule has 0 saturated carbocycles. The third-order valence-corrected chi connectivity index (χ3v) is 8.49. The first-order chi connectivity index (χ1) is 20.9. The molecular formula is C33H47N3O7. The lowest BCUT2D eigenvalue weighted by molar-refractivity contribution is -0.132. The molecule has 4 rings (SSSR count). The van der Waals surface area contributed by atoms with Crippen molar-refractivity contribution in [3.63, 3.8) is 0 Å². The van der Waals surface area contributed by atoms with Crippen molar-refractivity contribution in [2.75, 3.05) is 59.8 Å².